The predicted octanol–water partition coefficient (Wildman–Crippen LogP) is 3.21. The SMILES string of the molecule is COc1cc2c(cc1C(=O)c1ccccc1)CCC2(C)C(=O)O. The number of hydrogen-bond donors (Lipinski definition) is 1. The number of ketones is 1. The Morgan fingerprint density at radius 1 is 1.17 bits per heavy atom. The average molecular weight is 310 g/mol. The Hall–Kier alpha value is -2.62. The molecule has 0 spiro atoms. The van der Waals surface area contributed by atoms with E-state index < -0.39 is 11.4 Å². The summed E-state index contributed by atoms with van der Waals surface area (Å²) in [7, 11) is 1.50. The van der Waals surface area contributed by atoms with Crippen molar-refractivity contribution in [1.82, 2.24) is 0 Å². The molecule has 1 aliphatic rings. The molecule has 23 heavy (non-hydrogen) atoms. The molecule has 2 aromatic rings. The molecule has 0 amide bonds. The van der Waals surface area contributed by atoms with Crippen LogP contribution in [0.1, 0.15) is 40.4 Å². The van der Waals surface area contributed by atoms with Gasteiger partial charge in [0.25, 0.3) is 0 Å². The fourth-order valence-corrected chi connectivity index (χ4v) is 3.18. The van der Waals surface area contributed by atoms with E-state index in [4.69, 9.17) is 4.74 Å². The molecule has 2 aromatic carbocycles. The Balaban J connectivity index is 2.11. The van der Waals surface area contributed by atoms with Crippen LogP contribution in [0.5, 0.6) is 5.75 Å². The Morgan fingerprint density at radius 3 is 2.48 bits per heavy atom. The molecule has 1 atom stereocenters. The summed E-state index contributed by atoms with van der Waals surface area (Å²) in [6, 6.07) is 12.5. The third-order valence-corrected chi connectivity index (χ3v) is 4.67. The van der Waals surface area contributed by atoms with E-state index >= 15 is 0 Å². The molecule has 1 N–H and O–H groups in total. The summed E-state index contributed by atoms with van der Waals surface area (Å²) in [6.45, 7) is 1.72. The summed E-state index contributed by atoms with van der Waals surface area (Å²) in [6.07, 6.45) is 1.18. The molecule has 0 aromatic heterocycles. The molecule has 3 rings (SSSR count). The first-order chi connectivity index (χ1) is 11.0. The standard InChI is InChI=1S/C19H18O4/c1-19(18(21)22)9-8-13-10-14(16(23-2)11-15(13)19)17(20)12-6-4-3-5-7-12/h3-7,10-11H,8-9H2,1-2H3,(H,21,22). The Morgan fingerprint density at radius 2 is 1.87 bits per heavy atom. The van der Waals surface area contributed by atoms with Crippen LogP contribution in [0.4, 0.5) is 0 Å². The molecule has 0 aliphatic heterocycles. The topological polar surface area (TPSA) is 63.6 Å². The van der Waals surface area contributed by atoms with Crippen molar-refractivity contribution in [2.75, 3.05) is 7.11 Å². The molecular formula is C19H18O4. The van der Waals surface area contributed by atoms with Gasteiger partial charge in [0, 0.05) is 5.56 Å². The third-order valence-electron chi connectivity index (χ3n) is 4.67. The van der Waals surface area contributed by atoms with Crippen LogP contribution in [0.2, 0.25) is 0 Å². The number of aliphatic carboxylic acids is 1. The van der Waals surface area contributed by atoms with E-state index in [0.717, 1.165) is 11.1 Å². The van der Waals surface area contributed by atoms with Crippen molar-refractivity contribution < 1.29 is 19.4 Å². The van der Waals surface area contributed by atoms with E-state index in [2.05, 4.69) is 0 Å². The van der Waals surface area contributed by atoms with Gasteiger partial charge in [-0.05, 0) is 43.0 Å². The lowest BCUT2D eigenvalue weighted by Crippen LogP contribution is -2.29. The normalized spacial score (nSPS) is 19.2. The van der Waals surface area contributed by atoms with Gasteiger partial charge < -0.3 is 9.84 Å². The number of carboxylic acids is 1. The van der Waals surface area contributed by atoms with Gasteiger partial charge in [0.15, 0.2) is 5.78 Å². The van der Waals surface area contributed by atoms with Crippen molar-refractivity contribution in [2.24, 2.45) is 0 Å². The second kappa shape index (κ2) is 5.54. The van der Waals surface area contributed by atoms with Crippen LogP contribution in [0.3, 0.4) is 0 Å². The minimum Gasteiger partial charge on any atom is -0.496 e. The zero-order valence-electron chi connectivity index (χ0n) is 13.1. The van der Waals surface area contributed by atoms with E-state index in [-0.39, 0.29) is 5.78 Å². The Labute approximate surface area is 134 Å². The van der Waals surface area contributed by atoms with Crippen LogP contribution in [-0.2, 0) is 16.6 Å². The van der Waals surface area contributed by atoms with Gasteiger partial charge >= 0.3 is 5.97 Å². The monoisotopic (exact) mass is 310 g/mol. The van der Waals surface area contributed by atoms with Gasteiger partial charge in [0.05, 0.1) is 18.1 Å². The van der Waals surface area contributed by atoms with Crippen LogP contribution >= 0.6 is 0 Å². The Bertz CT molecular complexity index is 779. The lowest BCUT2D eigenvalue weighted by atomic mass is 9.83. The summed E-state index contributed by atoms with van der Waals surface area (Å²) in [4.78, 5) is 24.3. The van der Waals surface area contributed by atoms with Crippen molar-refractivity contribution in [2.45, 2.75) is 25.2 Å². The molecule has 4 heteroatoms. The van der Waals surface area contributed by atoms with E-state index in [1.165, 1.54) is 7.11 Å². The molecule has 0 fully saturated rings. The van der Waals surface area contributed by atoms with E-state index in [1.54, 1.807) is 31.2 Å². The number of ether oxygens (including phenoxy) is 1. The van der Waals surface area contributed by atoms with E-state index in [0.29, 0.717) is 29.7 Å². The number of carbonyl (C=O) groups excluding carboxylic acids is 1. The average Bonchev–Trinajstić information content (AvgIpc) is 2.91. The van der Waals surface area contributed by atoms with Crippen LogP contribution in [0.25, 0.3) is 0 Å². The second-order valence-corrected chi connectivity index (χ2v) is 6.04. The fraction of sp³-hybridized carbons (Fsp3) is 0.263. The number of hydrogen-bond acceptors (Lipinski definition) is 3. The maximum Gasteiger partial charge on any atom is 0.313 e. The number of carbonyl (C=O) groups is 2. The highest BCUT2D eigenvalue weighted by atomic mass is 16.5. The number of benzene rings is 2. The molecule has 0 heterocycles. The molecular weight excluding hydrogens is 292 g/mol. The van der Waals surface area contributed by atoms with Gasteiger partial charge in [0.1, 0.15) is 5.75 Å². The molecule has 1 aliphatic carbocycles. The van der Waals surface area contributed by atoms with Gasteiger partial charge in [-0.2, -0.15) is 0 Å². The summed E-state index contributed by atoms with van der Waals surface area (Å²) in [5, 5.41) is 9.53. The van der Waals surface area contributed by atoms with Crippen LogP contribution in [0, 0.1) is 0 Å². The summed E-state index contributed by atoms with van der Waals surface area (Å²) < 4.78 is 5.37. The minimum atomic E-state index is -0.920. The first-order valence-electron chi connectivity index (χ1n) is 7.52. The highest BCUT2D eigenvalue weighted by Crippen LogP contribution is 2.42. The van der Waals surface area contributed by atoms with Gasteiger partial charge in [-0.3, -0.25) is 9.59 Å². The van der Waals surface area contributed by atoms with Gasteiger partial charge in [-0.25, -0.2) is 0 Å². The number of rotatable bonds is 4. The number of methoxy groups -OCH3 is 1. The molecule has 4 nitrogen and oxygen atoms in total. The van der Waals surface area contributed by atoms with Gasteiger partial charge in [0.2, 0.25) is 0 Å². The molecule has 0 saturated heterocycles. The fourth-order valence-electron chi connectivity index (χ4n) is 3.18. The van der Waals surface area contributed by atoms with Crippen molar-refractivity contribution in [3.63, 3.8) is 0 Å². The minimum absolute atomic E-state index is 0.117. The van der Waals surface area contributed by atoms with Crippen LogP contribution in [0.15, 0.2) is 42.5 Å². The van der Waals surface area contributed by atoms with Crippen molar-refractivity contribution in [3.05, 3.63) is 64.7 Å². The smallest absolute Gasteiger partial charge is 0.313 e. The molecule has 0 radical (unpaired) electrons. The molecule has 1 unspecified atom stereocenters. The van der Waals surface area contributed by atoms with Gasteiger partial charge in [-0.15, -0.1) is 0 Å². The van der Waals surface area contributed by atoms with E-state index in [9.17, 15) is 14.7 Å². The lowest BCUT2D eigenvalue weighted by Gasteiger charge is -2.21. The van der Waals surface area contributed by atoms with Crippen LogP contribution in [-0.4, -0.2) is 24.0 Å². The maximum absolute atomic E-state index is 12.7. The maximum atomic E-state index is 12.7. The summed E-state index contributed by atoms with van der Waals surface area (Å²) in [5.74, 6) is -0.540. The summed E-state index contributed by atoms with van der Waals surface area (Å²) in [5.41, 5.74) is 1.80. The largest absolute Gasteiger partial charge is 0.496 e. The molecule has 0 saturated carbocycles. The lowest BCUT2D eigenvalue weighted by molar-refractivity contribution is -0.143. The van der Waals surface area contributed by atoms with Crippen LogP contribution < -0.4 is 4.74 Å². The quantitative estimate of drug-likeness (QED) is 0.881. The first-order valence-corrected chi connectivity index (χ1v) is 7.52. The number of fused-ring (bicyclic) bond motifs is 1. The highest BCUT2D eigenvalue weighted by molar-refractivity contribution is 6.11. The van der Waals surface area contributed by atoms with Gasteiger partial charge in [-0.1, -0.05) is 30.3 Å². The van der Waals surface area contributed by atoms with Crippen molar-refractivity contribution in [1.29, 1.82) is 0 Å². The summed E-state index contributed by atoms with van der Waals surface area (Å²) >= 11 is 0. The van der Waals surface area contributed by atoms with E-state index in [1.807, 2.05) is 18.2 Å². The predicted molar refractivity (Wildman–Crippen MR) is 86.2 cm³/mol. The number of aryl methyl sites for hydroxylation is 1. The first kappa shape index (κ1) is 15.3. The van der Waals surface area contributed by atoms with Crippen molar-refractivity contribution >= 4 is 11.8 Å². The zero-order valence-corrected chi connectivity index (χ0v) is 13.1. The zero-order chi connectivity index (χ0) is 16.6. The third kappa shape index (κ3) is 2.40. The number of carboxylic acid groups (broad SMARTS) is 1. The second-order valence-electron chi connectivity index (χ2n) is 6.04. The molecule has 0 bridgehead atoms. The van der Waals surface area contributed by atoms with Crippen molar-refractivity contribution in [3.8, 4) is 5.75 Å². The Kier molecular flexibility index (Phi) is 3.68. The highest BCUT2D eigenvalue weighted by Gasteiger charge is 2.42. The molecule has 118 valence electrons.